The predicted molar refractivity (Wildman–Crippen MR) is 131 cm³/mol. The fourth-order valence-electron chi connectivity index (χ4n) is 4.33. The second-order valence-corrected chi connectivity index (χ2v) is 9.50. The lowest BCUT2D eigenvalue weighted by Crippen LogP contribution is -2.42. The van der Waals surface area contributed by atoms with Crippen LogP contribution in [0.15, 0.2) is 42.5 Å². The van der Waals surface area contributed by atoms with Crippen LogP contribution in [0, 0.1) is 5.92 Å². The number of nitrogens with two attached hydrogens (primary N) is 1. The number of nitrogens with zero attached hydrogens (tertiary/aromatic N) is 3. The first-order chi connectivity index (χ1) is 14.8. The van der Waals surface area contributed by atoms with Gasteiger partial charge in [0.1, 0.15) is 0 Å². The van der Waals surface area contributed by atoms with E-state index in [2.05, 4.69) is 43.8 Å². The molecule has 0 atom stereocenters. The molecule has 1 aliphatic rings. The van der Waals surface area contributed by atoms with E-state index in [0.29, 0.717) is 41.3 Å². The Morgan fingerprint density at radius 3 is 2.52 bits per heavy atom. The van der Waals surface area contributed by atoms with Gasteiger partial charge in [-0.3, -0.25) is 4.79 Å². The Balaban J connectivity index is 1.89. The minimum atomic E-state index is -0.0466. The molecule has 1 fully saturated rings. The van der Waals surface area contributed by atoms with Gasteiger partial charge in [0.05, 0.1) is 10.6 Å². The van der Waals surface area contributed by atoms with E-state index in [0.717, 1.165) is 37.2 Å². The number of amides is 1. The molecule has 2 aromatic rings. The highest BCUT2D eigenvalue weighted by atomic mass is 35.5. The van der Waals surface area contributed by atoms with Crippen molar-refractivity contribution < 1.29 is 4.79 Å². The lowest BCUT2D eigenvalue weighted by molar-refractivity contribution is 0.0723. The van der Waals surface area contributed by atoms with Crippen LogP contribution >= 0.6 is 11.6 Å². The van der Waals surface area contributed by atoms with Crippen LogP contribution in [0.5, 0.6) is 0 Å². The highest BCUT2D eigenvalue weighted by molar-refractivity contribution is 6.33. The average molecular weight is 443 g/mol. The quantitative estimate of drug-likeness (QED) is 0.628. The van der Waals surface area contributed by atoms with Crippen LogP contribution in [0.2, 0.25) is 5.02 Å². The second kappa shape index (κ2) is 10.4. The molecule has 1 aliphatic heterocycles. The topological polar surface area (TPSA) is 52.8 Å². The third-order valence-corrected chi connectivity index (χ3v) is 6.39. The minimum absolute atomic E-state index is 0.0466. The summed E-state index contributed by atoms with van der Waals surface area (Å²) >= 11 is 6.34. The van der Waals surface area contributed by atoms with Gasteiger partial charge in [-0.2, -0.15) is 0 Å². The summed E-state index contributed by atoms with van der Waals surface area (Å²) in [5.41, 5.74) is 9.63. The number of hydrogen-bond donors (Lipinski definition) is 1. The fraction of sp³-hybridized carbons (Fsp3) is 0.480. The number of halogens is 1. The first-order valence-corrected chi connectivity index (χ1v) is 11.5. The van der Waals surface area contributed by atoms with E-state index in [4.69, 9.17) is 17.3 Å². The van der Waals surface area contributed by atoms with Crippen LogP contribution < -0.4 is 10.6 Å². The Kier molecular flexibility index (Phi) is 7.84. The number of anilines is 2. The van der Waals surface area contributed by atoms with E-state index in [1.807, 2.05) is 29.2 Å². The van der Waals surface area contributed by atoms with Crippen molar-refractivity contribution in [2.24, 2.45) is 5.92 Å². The normalized spacial score (nSPS) is 15.3. The van der Waals surface area contributed by atoms with Crippen molar-refractivity contribution in [2.75, 3.05) is 44.4 Å². The van der Waals surface area contributed by atoms with Crippen molar-refractivity contribution in [1.82, 2.24) is 9.80 Å². The second-order valence-electron chi connectivity index (χ2n) is 9.09. The molecule has 0 spiro atoms. The molecule has 0 aromatic heterocycles. The van der Waals surface area contributed by atoms with Gasteiger partial charge in [0.15, 0.2) is 0 Å². The summed E-state index contributed by atoms with van der Waals surface area (Å²) in [6, 6.07) is 13.8. The van der Waals surface area contributed by atoms with Gasteiger partial charge in [0.25, 0.3) is 5.91 Å². The van der Waals surface area contributed by atoms with Crippen LogP contribution in [0.1, 0.15) is 42.6 Å². The van der Waals surface area contributed by atoms with E-state index in [-0.39, 0.29) is 5.91 Å². The highest BCUT2D eigenvalue weighted by Gasteiger charge is 2.25. The van der Waals surface area contributed by atoms with Gasteiger partial charge in [-0.25, -0.2) is 0 Å². The van der Waals surface area contributed by atoms with Gasteiger partial charge in [-0.1, -0.05) is 37.6 Å². The van der Waals surface area contributed by atoms with Gasteiger partial charge in [0, 0.05) is 37.6 Å². The SMILES string of the molecule is CC(C)CN(Cc1cc(N)ccc1N(C)C1CCN(C)CC1)C(=O)c1ccccc1Cl. The smallest absolute Gasteiger partial charge is 0.255 e. The Hall–Kier alpha value is -2.24. The molecule has 0 aliphatic carbocycles. The van der Waals surface area contributed by atoms with Crippen LogP contribution in [0.25, 0.3) is 0 Å². The molecule has 3 rings (SSSR count). The number of piperidine rings is 1. The van der Waals surface area contributed by atoms with E-state index in [1.54, 1.807) is 12.1 Å². The number of benzene rings is 2. The maximum Gasteiger partial charge on any atom is 0.255 e. The van der Waals surface area contributed by atoms with Crippen LogP contribution in [-0.2, 0) is 6.54 Å². The summed E-state index contributed by atoms with van der Waals surface area (Å²) in [6.07, 6.45) is 2.26. The molecule has 1 amide bonds. The van der Waals surface area contributed by atoms with E-state index >= 15 is 0 Å². The van der Waals surface area contributed by atoms with Crippen LogP contribution in [-0.4, -0.2) is 55.5 Å². The molecule has 1 saturated heterocycles. The Morgan fingerprint density at radius 2 is 1.87 bits per heavy atom. The van der Waals surface area contributed by atoms with Gasteiger partial charge in [0.2, 0.25) is 0 Å². The standard InChI is InChI=1S/C25H35ClN4O/c1-18(2)16-30(25(31)22-7-5-6-8-23(22)26)17-19-15-20(27)9-10-24(19)29(4)21-11-13-28(3)14-12-21/h5-10,15,18,21H,11-14,16-17,27H2,1-4H3. The molecule has 2 aromatic carbocycles. The maximum absolute atomic E-state index is 13.4. The number of carbonyl (C=O) groups is 1. The number of carbonyl (C=O) groups excluding carboxylic acids is 1. The third-order valence-electron chi connectivity index (χ3n) is 6.06. The molecule has 1 heterocycles. The van der Waals surface area contributed by atoms with Gasteiger partial charge in [-0.05, 0) is 74.8 Å². The summed E-state index contributed by atoms with van der Waals surface area (Å²) in [5, 5.41) is 0.484. The fourth-order valence-corrected chi connectivity index (χ4v) is 4.54. The zero-order chi connectivity index (χ0) is 22.5. The minimum Gasteiger partial charge on any atom is -0.399 e. The van der Waals surface area contributed by atoms with E-state index in [1.165, 1.54) is 0 Å². The molecule has 0 saturated carbocycles. The molecular formula is C25H35ClN4O. The number of hydrogen-bond acceptors (Lipinski definition) is 4. The number of likely N-dealkylation sites (tertiary alicyclic amines) is 1. The molecular weight excluding hydrogens is 408 g/mol. The first-order valence-electron chi connectivity index (χ1n) is 11.1. The van der Waals surface area contributed by atoms with Crippen molar-refractivity contribution in [2.45, 2.75) is 39.3 Å². The molecule has 5 nitrogen and oxygen atoms in total. The Bertz CT molecular complexity index is 893. The van der Waals surface area contributed by atoms with Crippen molar-refractivity contribution >= 4 is 28.9 Å². The summed E-state index contributed by atoms with van der Waals surface area (Å²) in [5.74, 6) is 0.289. The predicted octanol–water partition coefficient (Wildman–Crippen LogP) is 4.75. The molecule has 0 radical (unpaired) electrons. The van der Waals surface area contributed by atoms with Crippen LogP contribution in [0.4, 0.5) is 11.4 Å². The molecule has 31 heavy (non-hydrogen) atoms. The lowest BCUT2D eigenvalue weighted by atomic mass is 10.0. The molecule has 2 N–H and O–H groups in total. The Morgan fingerprint density at radius 1 is 1.19 bits per heavy atom. The lowest BCUT2D eigenvalue weighted by Gasteiger charge is -2.38. The first kappa shape index (κ1) is 23.4. The van der Waals surface area contributed by atoms with Crippen molar-refractivity contribution in [1.29, 1.82) is 0 Å². The maximum atomic E-state index is 13.4. The summed E-state index contributed by atoms with van der Waals surface area (Å²) in [7, 11) is 4.34. The van der Waals surface area contributed by atoms with Crippen molar-refractivity contribution in [3.8, 4) is 0 Å². The Labute approximate surface area is 191 Å². The highest BCUT2D eigenvalue weighted by Crippen LogP contribution is 2.29. The number of nitrogen functional groups attached to an aromatic ring is 1. The zero-order valence-electron chi connectivity index (χ0n) is 19.1. The molecule has 0 bridgehead atoms. The van der Waals surface area contributed by atoms with Crippen LogP contribution in [0.3, 0.4) is 0 Å². The molecule has 6 heteroatoms. The third kappa shape index (κ3) is 5.92. The largest absolute Gasteiger partial charge is 0.399 e. The van der Waals surface area contributed by atoms with Crippen molar-refractivity contribution in [3.63, 3.8) is 0 Å². The average Bonchev–Trinajstić information content (AvgIpc) is 2.73. The van der Waals surface area contributed by atoms with Gasteiger partial charge in [-0.15, -0.1) is 0 Å². The van der Waals surface area contributed by atoms with E-state index in [9.17, 15) is 4.79 Å². The van der Waals surface area contributed by atoms with Gasteiger partial charge < -0.3 is 20.4 Å². The van der Waals surface area contributed by atoms with Crippen molar-refractivity contribution in [3.05, 3.63) is 58.6 Å². The number of rotatable bonds is 7. The zero-order valence-corrected chi connectivity index (χ0v) is 19.9. The summed E-state index contributed by atoms with van der Waals surface area (Å²) in [4.78, 5) is 20.0. The molecule has 0 unspecified atom stereocenters. The monoisotopic (exact) mass is 442 g/mol. The summed E-state index contributed by atoms with van der Waals surface area (Å²) < 4.78 is 0. The van der Waals surface area contributed by atoms with E-state index < -0.39 is 0 Å². The summed E-state index contributed by atoms with van der Waals surface area (Å²) in [6.45, 7) is 7.60. The molecule has 168 valence electrons. The van der Waals surface area contributed by atoms with Gasteiger partial charge >= 0.3 is 0 Å².